The van der Waals surface area contributed by atoms with E-state index in [1.165, 1.54) is 5.56 Å². The number of amides is 1. The van der Waals surface area contributed by atoms with Gasteiger partial charge in [-0.3, -0.25) is 4.79 Å². The second-order valence-electron chi connectivity index (χ2n) is 8.48. The molecule has 6 nitrogen and oxygen atoms in total. The van der Waals surface area contributed by atoms with Crippen molar-refractivity contribution in [3.63, 3.8) is 0 Å². The maximum absolute atomic E-state index is 12.6. The zero-order chi connectivity index (χ0) is 19.7. The topological polar surface area (TPSA) is 92.5 Å². The minimum atomic E-state index is -3.59. The summed E-state index contributed by atoms with van der Waals surface area (Å²) in [4.78, 5) is 14.6. The highest BCUT2D eigenvalue weighted by molar-refractivity contribution is 7.89. The molecule has 1 fully saturated rings. The molecule has 1 unspecified atom stereocenters. The average Bonchev–Trinajstić information content (AvgIpc) is 2.63. The normalized spacial score (nSPS) is 22.3. The molecular weight excluding hydrogens is 362 g/mol. The van der Waals surface area contributed by atoms with Crippen LogP contribution in [0.25, 0.3) is 0 Å². The number of piperidine rings is 1. The highest BCUT2D eigenvalue weighted by Crippen LogP contribution is 2.28. The van der Waals surface area contributed by atoms with Gasteiger partial charge in [0.1, 0.15) is 0 Å². The van der Waals surface area contributed by atoms with Crippen LogP contribution < -0.4 is 10.5 Å². The molecule has 1 aromatic carbocycles. The summed E-state index contributed by atoms with van der Waals surface area (Å²) in [6.07, 6.45) is 5.17. The van der Waals surface area contributed by atoms with Crippen LogP contribution in [-0.2, 0) is 27.7 Å². The number of sulfonamides is 1. The van der Waals surface area contributed by atoms with E-state index in [-0.39, 0.29) is 30.3 Å². The molecule has 1 atom stereocenters. The monoisotopic (exact) mass is 393 g/mol. The first-order valence-electron chi connectivity index (χ1n) is 9.84. The number of hydrogen-bond donors (Lipinski definition) is 2. The number of hydrogen-bond acceptors (Lipinski definition) is 4. The van der Waals surface area contributed by atoms with Gasteiger partial charge in [0, 0.05) is 32.1 Å². The Bertz CT molecular complexity index is 805. The predicted octanol–water partition coefficient (Wildman–Crippen LogP) is 1.82. The van der Waals surface area contributed by atoms with Crippen molar-refractivity contribution in [3.8, 4) is 0 Å². The third-order valence-electron chi connectivity index (χ3n) is 5.93. The molecule has 1 saturated heterocycles. The fraction of sp³-hybridized carbons (Fsp3) is 0.650. The van der Waals surface area contributed by atoms with E-state index >= 15 is 0 Å². The minimum absolute atomic E-state index is 0.0249. The fourth-order valence-corrected chi connectivity index (χ4v) is 5.08. The van der Waals surface area contributed by atoms with E-state index in [0.29, 0.717) is 18.0 Å². The molecule has 0 saturated carbocycles. The summed E-state index contributed by atoms with van der Waals surface area (Å²) < 4.78 is 27.7. The molecule has 1 aliphatic heterocycles. The van der Waals surface area contributed by atoms with Gasteiger partial charge in [-0.1, -0.05) is 19.9 Å². The number of carbonyl (C=O) groups excluding carboxylic acids is 1. The molecule has 0 spiro atoms. The van der Waals surface area contributed by atoms with Crippen molar-refractivity contribution in [2.75, 3.05) is 19.6 Å². The zero-order valence-corrected chi connectivity index (χ0v) is 17.1. The number of aryl methyl sites for hydroxylation is 2. The van der Waals surface area contributed by atoms with Crippen LogP contribution in [0.4, 0.5) is 0 Å². The standard InChI is InChI=1S/C20H31N3O3S/c1-20(2)14-23(12-10-18(20)21)19(24)9-11-22-27(25,26)17-8-7-15-5-3-4-6-16(15)13-17/h7-8,13,18,22H,3-6,9-12,14,21H2,1-2H3. The van der Waals surface area contributed by atoms with Gasteiger partial charge >= 0.3 is 0 Å². The summed E-state index contributed by atoms with van der Waals surface area (Å²) in [5.74, 6) is -0.0249. The van der Waals surface area contributed by atoms with Gasteiger partial charge in [0.15, 0.2) is 0 Å². The Morgan fingerprint density at radius 2 is 1.96 bits per heavy atom. The van der Waals surface area contributed by atoms with Gasteiger partial charge < -0.3 is 10.6 Å². The minimum Gasteiger partial charge on any atom is -0.342 e. The number of nitrogens with two attached hydrogens (primary N) is 1. The molecule has 27 heavy (non-hydrogen) atoms. The zero-order valence-electron chi connectivity index (χ0n) is 16.3. The van der Waals surface area contributed by atoms with E-state index in [0.717, 1.165) is 37.7 Å². The molecule has 0 aromatic heterocycles. The fourth-order valence-electron chi connectivity index (χ4n) is 4.00. The van der Waals surface area contributed by atoms with E-state index in [2.05, 4.69) is 18.6 Å². The quantitative estimate of drug-likeness (QED) is 0.798. The number of likely N-dealkylation sites (tertiary alicyclic amines) is 1. The number of rotatable bonds is 5. The summed E-state index contributed by atoms with van der Waals surface area (Å²) in [7, 11) is -3.59. The van der Waals surface area contributed by atoms with E-state index < -0.39 is 10.0 Å². The van der Waals surface area contributed by atoms with Crippen LogP contribution in [0.1, 0.15) is 50.7 Å². The number of carbonyl (C=O) groups is 1. The maximum Gasteiger partial charge on any atom is 0.240 e. The van der Waals surface area contributed by atoms with Crippen molar-refractivity contribution < 1.29 is 13.2 Å². The lowest BCUT2D eigenvalue weighted by Gasteiger charge is -2.42. The van der Waals surface area contributed by atoms with Crippen molar-refractivity contribution in [3.05, 3.63) is 29.3 Å². The molecule has 1 amide bonds. The van der Waals surface area contributed by atoms with Crippen LogP contribution in [0.15, 0.2) is 23.1 Å². The van der Waals surface area contributed by atoms with Gasteiger partial charge in [-0.05, 0) is 60.8 Å². The Balaban J connectivity index is 1.56. The summed E-state index contributed by atoms with van der Waals surface area (Å²) in [5.41, 5.74) is 8.38. The number of fused-ring (bicyclic) bond motifs is 1. The highest BCUT2D eigenvalue weighted by atomic mass is 32.2. The van der Waals surface area contributed by atoms with Gasteiger partial charge in [0.25, 0.3) is 0 Å². The van der Waals surface area contributed by atoms with Crippen LogP contribution in [0, 0.1) is 5.41 Å². The Labute approximate surface area is 162 Å². The summed E-state index contributed by atoms with van der Waals surface area (Å²) in [5, 5.41) is 0. The van der Waals surface area contributed by atoms with Crippen LogP contribution >= 0.6 is 0 Å². The van der Waals surface area contributed by atoms with Crippen LogP contribution in [0.5, 0.6) is 0 Å². The molecule has 3 N–H and O–H groups in total. The van der Waals surface area contributed by atoms with Crippen molar-refractivity contribution in [2.24, 2.45) is 11.1 Å². The first-order valence-corrected chi connectivity index (χ1v) is 11.3. The van der Waals surface area contributed by atoms with Crippen LogP contribution in [0.3, 0.4) is 0 Å². The van der Waals surface area contributed by atoms with Crippen molar-refractivity contribution in [1.29, 1.82) is 0 Å². The molecule has 0 bridgehead atoms. The lowest BCUT2D eigenvalue weighted by molar-refractivity contribution is -0.134. The third-order valence-corrected chi connectivity index (χ3v) is 7.38. The number of nitrogens with zero attached hydrogens (tertiary/aromatic N) is 1. The molecule has 1 aliphatic carbocycles. The smallest absolute Gasteiger partial charge is 0.240 e. The van der Waals surface area contributed by atoms with Gasteiger partial charge in [0.2, 0.25) is 15.9 Å². The SMILES string of the molecule is CC1(C)CN(C(=O)CCNS(=O)(=O)c2ccc3c(c2)CCCC3)CCC1N. The van der Waals surface area contributed by atoms with E-state index in [4.69, 9.17) is 5.73 Å². The Morgan fingerprint density at radius 1 is 1.26 bits per heavy atom. The van der Waals surface area contributed by atoms with E-state index in [9.17, 15) is 13.2 Å². The van der Waals surface area contributed by atoms with Crippen molar-refractivity contribution in [1.82, 2.24) is 9.62 Å². The molecule has 0 radical (unpaired) electrons. The predicted molar refractivity (Wildman–Crippen MR) is 106 cm³/mol. The van der Waals surface area contributed by atoms with Gasteiger partial charge in [-0.15, -0.1) is 0 Å². The third kappa shape index (κ3) is 4.70. The molecule has 7 heteroatoms. The second-order valence-corrected chi connectivity index (χ2v) is 10.3. The van der Waals surface area contributed by atoms with Gasteiger partial charge in [-0.25, -0.2) is 13.1 Å². The molecule has 150 valence electrons. The largest absolute Gasteiger partial charge is 0.342 e. The summed E-state index contributed by atoms with van der Waals surface area (Å²) in [6, 6.07) is 5.47. The first kappa shape index (κ1) is 20.3. The van der Waals surface area contributed by atoms with Crippen LogP contribution in [-0.4, -0.2) is 44.9 Å². The maximum atomic E-state index is 12.6. The van der Waals surface area contributed by atoms with Gasteiger partial charge in [-0.2, -0.15) is 0 Å². The Hall–Kier alpha value is -1.44. The van der Waals surface area contributed by atoms with Crippen molar-refractivity contribution >= 4 is 15.9 Å². The molecular formula is C20H31N3O3S. The van der Waals surface area contributed by atoms with E-state index in [1.54, 1.807) is 17.0 Å². The average molecular weight is 394 g/mol. The van der Waals surface area contributed by atoms with Gasteiger partial charge in [0.05, 0.1) is 4.90 Å². The summed E-state index contributed by atoms with van der Waals surface area (Å²) in [6.45, 7) is 5.50. The molecule has 1 aromatic rings. The van der Waals surface area contributed by atoms with Crippen LogP contribution in [0.2, 0.25) is 0 Å². The molecule has 2 aliphatic rings. The lowest BCUT2D eigenvalue weighted by atomic mass is 9.79. The Morgan fingerprint density at radius 3 is 2.67 bits per heavy atom. The first-order chi connectivity index (χ1) is 12.7. The van der Waals surface area contributed by atoms with Crippen molar-refractivity contribution in [2.45, 2.75) is 63.3 Å². The molecule has 3 rings (SSSR count). The lowest BCUT2D eigenvalue weighted by Crippen LogP contribution is -2.54. The second kappa shape index (κ2) is 7.89. The van der Waals surface area contributed by atoms with E-state index in [1.807, 2.05) is 6.07 Å². The number of nitrogens with one attached hydrogen (secondary N) is 1. The summed E-state index contributed by atoms with van der Waals surface area (Å²) >= 11 is 0. The molecule has 1 heterocycles. The number of benzene rings is 1. The Kier molecular flexibility index (Phi) is 5.93. The highest BCUT2D eigenvalue weighted by Gasteiger charge is 2.35.